The highest BCUT2D eigenvalue weighted by Gasteiger charge is 2.05. The van der Waals surface area contributed by atoms with Gasteiger partial charge in [0.15, 0.2) is 0 Å². The Hall–Kier alpha value is 0.310. The first kappa shape index (κ1) is 17.3. The van der Waals surface area contributed by atoms with Crippen molar-refractivity contribution in [2.24, 2.45) is 0 Å². The van der Waals surface area contributed by atoms with Gasteiger partial charge in [0.2, 0.25) is 0 Å². The molecule has 0 amide bonds. The predicted octanol–water partition coefficient (Wildman–Crippen LogP) is 5.55. The Balaban J connectivity index is 3.25. The highest BCUT2D eigenvalue weighted by atomic mass is 32.2. The van der Waals surface area contributed by atoms with Gasteiger partial charge in [-0.05, 0) is 19.3 Å². The molecular weight excluding hydrogens is 226 g/mol. The van der Waals surface area contributed by atoms with Crippen molar-refractivity contribution in [1.82, 2.24) is 4.72 Å². The molecule has 0 radical (unpaired) electrons. The van der Waals surface area contributed by atoms with Crippen molar-refractivity contribution in [2.45, 2.75) is 90.2 Å². The lowest BCUT2D eigenvalue weighted by Crippen LogP contribution is -2.12. The molecule has 1 atom stereocenters. The lowest BCUT2D eigenvalue weighted by atomic mass is 10.1. The van der Waals surface area contributed by atoms with Crippen LogP contribution in [0.25, 0.3) is 0 Å². The summed E-state index contributed by atoms with van der Waals surface area (Å²) >= 11 is 1.97. The summed E-state index contributed by atoms with van der Waals surface area (Å²) in [5.74, 6) is 0. The van der Waals surface area contributed by atoms with Crippen LogP contribution in [-0.2, 0) is 0 Å². The summed E-state index contributed by atoms with van der Waals surface area (Å²) in [6, 6.07) is 0. The molecule has 0 heterocycles. The molecule has 1 N–H and O–H groups in total. The zero-order valence-corrected chi connectivity index (χ0v) is 13.1. The molecule has 0 saturated carbocycles. The molecule has 0 aliphatic rings. The van der Waals surface area contributed by atoms with Gasteiger partial charge in [-0.2, -0.15) is 0 Å². The van der Waals surface area contributed by atoms with Gasteiger partial charge in [0.05, 0.1) is 0 Å². The van der Waals surface area contributed by atoms with Crippen LogP contribution in [0.1, 0.15) is 85.0 Å². The summed E-state index contributed by atoms with van der Waals surface area (Å²) in [6.45, 7) is 7.97. The van der Waals surface area contributed by atoms with Crippen molar-refractivity contribution in [1.29, 1.82) is 0 Å². The van der Waals surface area contributed by atoms with Crippen LogP contribution in [0.5, 0.6) is 0 Å². The van der Waals surface area contributed by atoms with Gasteiger partial charge in [0.1, 0.15) is 0 Å². The van der Waals surface area contributed by atoms with E-state index < -0.39 is 0 Å². The predicted molar refractivity (Wildman–Crippen MR) is 82.6 cm³/mol. The average molecular weight is 260 g/mol. The minimum Gasteiger partial charge on any atom is -0.264 e. The van der Waals surface area contributed by atoms with Crippen molar-refractivity contribution >= 4 is 11.9 Å². The third kappa shape index (κ3) is 12.6. The van der Waals surface area contributed by atoms with Crippen LogP contribution in [-0.4, -0.2) is 11.8 Å². The van der Waals surface area contributed by atoms with Crippen LogP contribution in [0, 0.1) is 0 Å². The molecule has 17 heavy (non-hydrogen) atoms. The maximum Gasteiger partial charge on any atom is 0.0190 e. The summed E-state index contributed by atoms with van der Waals surface area (Å²) in [5.41, 5.74) is 0. The SMILES string of the molecule is CCCCCCCCCC(CC)SNCCC. The second-order valence-corrected chi connectivity index (χ2v) is 6.14. The first-order valence-electron chi connectivity index (χ1n) is 7.73. The first-order valence-corrected chi connectivity index (χ1v) is 8.61. The van der Waals surface area contributed by atoms with E-state index in [0.29, 0.717) is 0 Å². The van der Waals surface area contributed by atoms with Gasteiger partial charge in [-0.3, -0.25) is 4.72 Å². The molecule has 0 rings (SSSR count). The molecule has 0 fully saturated rings. The summed E-state index contributed by atoms with van der Waals surface area (Å²) in [5, 5.41) is 0.831. The highest BCUT2D eigenvalue weighted by molar-refractivity contribution is 7.98. The van der Waals surface area contributed by atoms with Crippen LogP contribution in [0.4, 0.5) is 0 Å². The normalized spacial score (nSPS) is 12.9. The standard InChI is InChI=1S/C15H33NS/c1-4-7-8-9-10-11-12-13-15(6-3)17-16-14-5-2/h15-16H,4-14H2,1-3H3. The van der Waals surface area contributed by atoms with Gasteiger partial charge >= 0.3 is 0 Å². The number of unbranched alkanes of at least 4 members (excludes halogenated alkanes) is 6. The lowest BCUT2D eigenvalue weighted by molar-refractivity contribution is 0.566. The van der Waals surface area contributed by atoms with E-state index in [1.165, 1.54) is 64.2 Å². The Morgan fingerprint density at radius 3 is 2.06 bits per heavy atom. The molecule has 0 spiro atoms. The molecule has 0 aromatic rings. The van der Waals surface area contributed by atoms with E-state index in [1.807, 2.05) is 11.9 Å². The molecular formula is C15H33NS. The van der Waals surface area contributed by atoms with Gasteiger partial charge < -0.3 is 0 Å². The fourth-order valence-electron chi connectivity index (χ4n) is 1.95. The first-order chi connectivity index (χ1) is 8.35. The number of rotatable bonds is 13. The van der Waals surface area contributed by atoms with Gasteiger partial charge in [-0.1, -0.05) is 77.7 Å². The minimum absolute atomic E-state index is 0.831. The van der Waals surface area contributed by atoms with E-state index in [4.69, 9.17) is 0 Å². The van der Waals surface area contributed by atoms with E-state index in [0.717, 1.165) is 11.8 Å². The fraction of sp³-hybridized carbons (Fsp3) is 1.00. The molecule has 0 aromatic heterocycles. The fourth-order valence-corrected chi connectivity index (χ4v) is 2.96. The van der Waals surface area contributed by atoms with Gasteiger partial charge in [-0.15, -0.1) is 0 Å². The van der Waals surface area contributed by atoms with E-state index >= 15 is 0 Å². The van der Waals surface area contributed by atoms with Crippen LogP contribution in [0.2, 0.25) is 0 Å². The second kappa shape index (κ2) is 14.4. The maximum absolute atomic E-state index is 3.47. The second-order valence-electron chi connectivity index (χ2n) is 4.95. The van der Waals surface area contributed by atoms with Crippen molar-refractivity contribution < 1.29 is 0 Å². The minimum atomic E-state index is 0.831. The molecule has 0 bridgehead atoms. The van der Waals surface area contributed by atoms with Crippen LogP contribution >= 0.6 is 11.9 Å². The largest absolute Gasteiger partial charge is 0.264 e. The Bertz CT molecular complexity index is 139. The average Bonchev–Trinajstić information content (AvgIpc) is 2.35. The topological polar surface area (TPSA) is 12.0 Å². The summed E-state index contributed by atoms with van der Waals surface area (Å²) < 4.78 is 3.47. The molecule has 0 aliphatic carbocycles. The monoisotopic (exact) mass is 259 g/mol. The molecule has 1 unspecified atom stereocenters. The highest BCUT2D eigenvalue weighted by Crippen LogP contribution is 2.19. The number of hydrogen-bond acceptors (Lipinski definition) is 2. The molecule has 0 aliphatic heterocycles. The maximum atomic E-state index is 3.47. The van der Waals surface area contributed by atoms with Crippen molar-refractivity contribution in [3.8, 4) is 0 Å². The van der Waals surface area contributed by atoms with Crippen LogP contribution < -0.4 is 4.72 Å². The Labute approximate surface area is 114 Å². The smallest absolute Gasteiger partial charge is 0.0190 e. The molecule has 0 aromatic carbocycles. The molecule has 2 heteroatoms. The molecule has 1 nitrogen and oxygen atoms in total. The van der Waals surface area contributed by atoms with Crippen molar-refractivity contribution in [3.05, 3.63) is 0 Å². The van der Waals surface area contributed by atoms with Crippen molar-refractivity contribution in [2.75, 3.05) is 6.54 Å². The van der Waals surface area contributed by atoms with E-state index in [-0.39, 0.29) is 0 Å². The van der Waals surface area contributed by atoms with E-state index in [9.17, 15) is 0 Å². The third-order valence-corrected chi connectivity index (χ3v) is 4.46. The number of hydrogen-bond donors (Lipinski definition) is 1. The third-order valence-electron chi connectivity index (χ3n) is 3.19. The number of nitrogens with one attached hydrogen (secondary N) is 1. The van der Waals surface area contributed by atoms with Crippen LogP contribution in [0.15, 0.2) is 0 Å². The summed E-state index contributed by atoms with van der Waals surface area (Å²) in [7, 11) is 0. The molecule has 104 valence electrons. The van der Waals surface area contributed by atoms with Gasteiger partial charge in [0, 0.05) is 11.8 Å². The quantitative estimate of drug-likeness (QED) is 0.343. The van der Waals surface area contributed by atoms with Crippen molar-refractivity contribution in [3.63, 3.8) is 0 Å². The summed E-state index contributed by atoms with van der Waals surface area (Å²) in [4.78, 5) is 0. The Kier molecular flexibility index (Phi) is 14.6. The Morgan fingerprint density at radius 1 is 0.824 bits per heavy atom. The van der Waals surface area contributed by atoms with Gasteiger partial charge in [0.25, 0.3) is 0 Å². The van der Waals surface area contributed by atoms with E-state index in [1.54, 1.807) is 0 Å². The van der Waals surface area contributed by atoms with Gasteiger partial charge in [-0.25, -0.2) is 0 Å². The lowest BCUT2D eigenvalue weighted by Gasteiger charge is -2.14. The summed E-state index contributed by atoms with van der Waals surface area (Å²) in [6.07, 6.45) is 13.9. The van der Waals surface area contributed by atoms with Crippen LogP contribution in [0.3, 0.4) is 0 Å². The van der Waals surface area contributed by atoms with E-state index in [2.05, 4.69) is 25.5 Å². The Morgan fingerprint density at radius 2 is 1.47 bits per heavy atom. The zero-order valence-electron chi connectivity index (χ0n) is 12.3. The zero-order chi connectivity index (χ0) is 12.8. The molecule has 0 saturated heterocycles.